The van der Waals surface area contributed by atoms with Gasteiger partial charge in [-0.25, -0.2) is 0 Å². The van der Waals surface area contributed by atoms with Crippen molar-refractivity contribution in [1.82, 2.24) is 9.80 Å². The van der Waals surface area contributed by atoms with Crippen molar-refractivity contribution in [1.29, 1.82) is 0 Å². The summed E-state index contributed by atoms with van der Waals surface area (Å²) in [5.41, 5.74) is 0.376. The second-order valence-electron chi connectivity index (χ2n) is 5.38. The molecule has 0 aromatic rings. The molecule has 0 heterocycles. The van der Waals surface area contributed by atoms with Crippen molar-refractivity contribution in [2.45, 2.75) is 27.2 Å². The number of hydrogen-bond donors (Lipinski definition) is 0. The van der Waals surface area contributed by atoms with E-state index in [1.165, 1.54) is 26.1 Å². The van der Waals surface area contributed by atoms with E-state index in [4.69, 9.17) is 0 Å². The van der Waals surface area contributed by atoms with Gasteiger partial charge in [-0.2, -0.15) is 0 Å². The third-order valence-electron chi connectivity index (χ3n) is 2.42. The molecule has 0 aliphatic rings. The Hall–Kier alpha value is 0.400. The maximum absolute atomic E-state index is 3.59. The van der Waals surface area contributed by atoms with E-state index in [-0.39, 0.29) is 0 Å². The van der Waals surface area contributed by atoms with Crippen LogP contribution < -0.4 is 0 Å². The quantitative estimate of drug-likeness (QED) is 0.630. The lowest BCUT2D eigenvalue weighted by Crippen LogP contribution is -2.39. The van der Waals surface area contributed by atoms with Gasteiger partial charge in [0.2, 0.25) is 0 Å². The minimum absolute atomic E-state index is 0.376. The first-order valence-electron chi connectivity index (χ1n) is 5.84. The van der Waals surface area contributed by atoms with Gasteiger partial charge in [0.1, 0.15) is 0 Å². The highest BCUT2D eigenvalue weighted by Gasteiger charge is 2.19. The van der Waals surface area contributed by atoms with Gasteiger partial charge in [-0.05, 0) is 32.5 Å². The Balaban J connectivity index is 4.03. The topological polar surface area (TPSA) is 6.48 Å². The Bertz CT molecular complexity index is 158. The van der Waals surface area contributed by atoms with Crippen LogP contribution in [0.15, 0.2) is 0 Å². The lowest BCUT2D eigenvalue weighted by molar-refractivity contribution is 0.180. The second kappa shape index (κ2) is 7.64. The molecule has 92 valence electrons. The molecule has 2 nitrogen and oxygen atoms in total. The van der Waals surface area contributed by atoms with Crippen LogP contribution >= 0.6 is 15.9 Å². The molecule has 0 radical (unpaired) electrons. The molecule has 0 rings (SSSR count). The third-order valence-corrected chi connectivity index (χ3v) is 3.93. The van der Waals surface area contributed by atoms with Crippen LogP contribution in [0.25, 0.3) is 0 Å². The molecule has 0 aliphatic heterocycles. The lowest BCUT2D eigenvalue weighted by atomic mass is 9.96. The molecule has 0 amide bonds. The maximum Gasteiger partial charge on any atom is 0.0109 e. The fourth-order valence-corrected chi connectivity index (χ4v) is 1.75. The van der Waals surface area contributed by atoms with E-state index in [0.717, 1.165) is 11.9 Å². The van der Waals surface area contributed by atoms with Crippen molar-refractivity contribution >= 4 is 15.9 Å². The van der Waals surface area contributed by atoms with Crippen LogP contribution in [0.2, 0.25) is 0 Å². The first kappa shape index (κ1) is 15.4. The number of hydrogen-bond acceptors (Lipinski definition) is 2. The van der Waals surface area contributed by atoms with Gasteiger partial charge in [-0.3, -0.25) is 0 Å². The van der Waals surface area contributed by atoms with Crippen molar-refractivity contribution in [3.63, 3.8) is 0 Å². The van der Waals surface area contributed by atoms with E-state index in [1.807, 2.05) is 0 Å². The predicted molar refractivity (Wildman–Crippen MR) is 72.9 cm³/mol. The average Bonchev–Trinajstić information content (AvgIpc) is 2.14. The monoisotopic (exact) mass is 278 g/mol. The minimum atomic E-state index is 0.376. The molecule has 0 fully saturated rings. The summed E-state index contributed by atoms with van der Waals surface area (Å²) in [7, 11) is 4.28. The van der Waals surface area contributed by atoms with E-state index < -0.39 is 0 Å². The molecule has 0 bridgehead atoms. The fraction of sp³-hybridized carbons (Fsp3) is 1.00. The zero-order valence-electron chi connectivity index (χ0n) is 11.0. The first-order chi connectivity index (χ1) is 6.91. The Labute approximate surface area is 104 Å². The highest BCUT2D eigenvalue weighted by molar-refractivity contribution is 9.09. The number of nitrogens with zero attached hydrogens (tertiary/aromatic N) is 2. The van der Waals surface area contributed by atoms with Gasteiger partial charge in [0.25, 0.3) is 0 Å². The van der Waals surface area contributed by atoms with Gasteiger partial charge in [0, 0.05) is 25.0 Å². The molecular weight excluding hydrogens is 252 g/mol. The third kappa shape index (κ3) is 8.23. The van der Waals surface area contributed by atoms with E-state index in [0.29, 0.717) is 5.41 Å². The van der Waals surface area contributed by atoms with Gasteiger partial charge in [-0.1, -0.05) is 36.7 Å². The van der Waals surface area contributed by atoms with E-state index in [2.05, 4.69) is 60.6 Å². The Morgan fingerprint density at radius 1 is 1.07 bits per heavy atom. The number of likely N-dealkylation sites (N-methyl/N-ethyl adjacent to an activating group) is 1. The molecule has 0 saturated carbocycles. The van der Waals surface area contributed by atoms with Crippen molar-refractivity contribution in [2.75, 3.05) is 45.6 Å². The Morgan fingerprint density at radius 2 is 1.67 bits per heavy atom. The fourth-order valence-electron chi connectivity index (χ4n) is 1.58. The SMILES string of the molecule is CCCN(CCN(C)C)CC(C)(C)CBr. The normalized spacial score (nSPS) is 12.8. The van der Waals surface area contributed by atoms with Crippen LogP contribution in [-0.4, -0.2) is 55.4 Å². The van der Waals surface area contributed by atoms with Crippen LogP contribution in [0.1, 0.15) is 27.2 Å². The summed E-state index contributed by atoms with van der Waals surface area (Å²) in [5, 5.41) is 1.07. The van der Waals surface area contributed by atoms with Crippen molar-refractivity contribution < 1.29 is 0 Å². The summed E-state index contributed by atoms with van der Waals surface area (Å²) in [5.74, 6) is 0. The van der Waals surface area contributed by atoms with Crippen molar-refractivity contribution in [2.24, 2.45) is 5.41 Å². The molecule has 3 heteroatoms. The molecule has 15 heavy (non-hydrogen) atoms. The largest absolute Gasteiger partial charge is 0.308 e. The summed E-state index contributed by atoms with van der Waals surface area (Å²) < 4.78 is 0. The zero-order valence-corrected chi connectivity index (χ0v) is 12.6. The van der Waals surface area contributed by atoms with Gasteiger partial charge >= 0.3 is 0 Å². The van der Waals surface area contributed by atoms with Crippen molar-refractivity contribution in [3.05, 3.63) is 0 Å². The maximum atomic E-state index is 3.59. The predicted octanol–water partition coefficient (Wildman–Crippen LogP) is 2.68. The number of alkyl halides is 1. The van der Waals surface area contributed by atoms with Crippen molar-refractivity contribution in [3.8, 4) is 0 Å². The number of halogens is 1. The van der Waals surface area contributed by atoms with Crippen LogP contribution in [0.5, 0.6) is 0 Å². The standard InChI is InChI=1S/C12H27BrN2/c1-6-7-15(9-8-14(4)5)11-12(2,3)10-13/h6-11H2,1-5H3. The van der Waals surface area contributed by atoms with Gasteiger partial charge in [0.15, 0.2) is 0 Å². The highest BCUT2D eigenvalue weighted by Crippen LogP contribution is 2.19. The minimum Gasteiger partial charge on any atom is -0.308 e. The van der Waals surface area contributed by atoms with Gasteiger partial charge < -0.3 is 9.80 Å². The van der Waals surface area contributed by atoms with E-state index >= 15 is 0 Å². The molecule has 0 N–H and O–H groups in total. The summed E-state index contributed by atoms with van der Waals surface area (Å²) in [6.45, 7) is 11.6. The smallest absolute Gasteiger partial charge is 0.0109 e. The first-order valence-corrected chi connectivity index (χ1v) is 6.96. The zero-order chi connectivity index (χ0) is 11.9. The summed E-state index contributed by atoms with van der Waals surface area (Å²) in [6.07, 6.45) is 1.24. The Morgan fingerprint density at radius 3 is 2.07 bits per heavy atom. The molecule has 0 aliphatic carbocycles. The molecule has 0 atom stereocenters. The number of rotatable bonds is 8. The molecule has 0 aromatic heterocycles. The van der Waals surface area contributed by atoms with E-state index in [9.17, 15) is 0 Å². The van der Waals surface area contributed by atoms with Crippen LogP contribution in [0, 0.1) is 5.41 Å². The summed E-state index contributed by atoms with van der Waals surface area (Å²) in [6, 6.07) is 0. The molecule has 0 aromatic carbocycles. The van der Waals surface area contributed by atoms with Gasteiger partial charge in [-0.15, -0.1) is 0 Å². The molecule has 0 spiro atoms. The second-order valence-corrected chi connectivity index (χ2v) is 5.94. The average molecular weight is 279 g/mol. The van der Waals surface area contributed by atoms with E-state index in [1.54, 1.807) is 0 Å². The van der Waals surface area contributed by atoms with Crippen LogP contribution in [-0.2, 0) is 0 Å². The highest BCUT2D eigenvalue weighted by atomic mass is 79.9. The lowest BCUT2D eigenvalue weighted by Gasteiger charge is -2.32. The van der Waals surface area contributed by atoms with Gasteiger partial charge in [0.05, 0.1) is 0 Å². The summed E-state index contributed by atoms with van der Waals surface area (Å²) in [4.78, 5) is 4.82. The molecule has 0 saturated heterocycles. The molecular formula is C12H27BrN2. The molecule has 0 unspecified atom stereocenters. The van der Waals surface area contributed by atoms with Crippen LogP contribution in [0.3, 0.4) is 0 Å². The summed E-state index contributed by atoms with van der Waals surface area (Å²) >= 11 is 3.59. The Kier molecular flexibility index (Phi) is 7.84. The van der Waals surface area contributed by atoms with Crippen LogP contribution in [0.4, 0.5) is 0 Å².